The van der Waals surface area contributed by atoms with Crippen molar-refractivity contribution in [2.75, 3.05) is 18.2 Å². The number of rotatable bonds is 6. The van der Waals surface area contributed by atoms with Gasteiger partial charge in [-0.1, -0.05) is 36.4 Å². The molecule has 5 aromatic rings. The van der Waals surface area contributed by atoms with Crippen molar-refractivity contribution < 1.29 is 4.74 Å². The third-order valence-corrected chi connectivity index (χ3v) is 5.89. The molecule has 37 heavy (non-hydrogen) atoms. The number of pyridine rings is 1. The van der Waals surface area contributed by atoms with Gasteiger partial charge in [0.05, 0.1) is 24.7 Å². The van der Waals surface area contributed by atoms with Crippen LogP contribution in [0.5, 0.6) is 5.88 Å². The summed E-state index contributed by atoms with van der Waals surface area (Å²) >= 11 is 0. The highest BCUT2D eigenvalue weighted by molar-refractivity contribution is 5.95. The van der Waals surface area contributed by atoms with E-state index < -0.39 is 6.04 Å². The first-order valence-corrected chi connectivity index (χ1v) is 11.4. The largest absolute Gasteiger partial charge is 0.481 e. The maximum absolute atomic E-state index is 14.2. The van der Waals surface area contributed by atoms with Gasteiger partial charge in [-0.15, -0.1) is 0 Å². The second-order valence-electron chi connectivity index (χ2n) is 8.21. The molecule has 0 saturated carbocycles. The highest BCUT2D eigenvalue weighted by Gasteiger charge is 2.21. The molecule has 0 aliphatic carbocycles. The summed E-state index contributed by atoms with van der Waals surface area (Å²) in [5.74, 6) is 1.11. The molecule has 182 valence electrons. The zero-order chi connectivity index (χ0) is 25.9. The zero-order valence-corrected chi connectivity index (χ0v) is 20.1. The van der Waals surface area contributed by atoms with Gasteiger partial charge in [0, 0.05) is 29.2 Å². The molecule has 3 N–H and O–H groups in total. The van der Waals surface area contributed by atoms with E-state index in [1.54, 1.807) is 16.8 Å². The van der Waals surface area contributed by atoms with Crippen LogP contribution in [0.15, 0.2) is 77.9 Å². The predicted molar refractivity (Wildman–Crippen MR) is 140 cm³/mol. The van der Waals surface area contributed by atoms with Crippen molar-refractivity contribution in [3.63, 3.8) is 0 Å². The standard InChI is InChI=1S/C27H22N8O2/c1-16(32-24-18(14-28)15-31-27(29)34-24)21-13-17-7-6-10-20(25-30-12-11-22(33-25)37-2)23(17)26(36)35(21)19-8-4-3-5-9-19/h3-13,15-16H,1-2H3,(H3,29,31,32,34)/t16-/m0/s1. The van der Waals surface area contributed by atoms with Gasteiger partial charge in [-0.2, -0.15) is 15.2 Å². The summed E-state index contributed by atoms with van der Waals surface area (Å²) in [5, 5.41) is 13.9. The molecule has 10 nitrogen and oxygen atoms in total. The minimum Gasteiger partial charge on any atom is -0.481 e. The molecule has 0 radical (unpaired) electrons. The molecule has 0 amide bonds. The van der Waals surface area contributed by atoms with Crippen LogP contribution in [-0.4, -0.2) is 31.6 Å². The normalized spacial score (nSPS) is 11.6. The number of nitrogens with one attached hydrogen (secondary N) is 1. The van der Waals surface area contributed by atoms with Crippen LogP contribution in [0.1, 0.15) is 24.2 Å². The lowest BCUT2D eigenvalue weighted by atomic mass is 10.0. The highest BCUT2D eigenvalue weighted by atomic mass is 16.5. The molecule has 3 aromatic heterocycles. The molecule has 0 aliphatic rings. The molecule has 0 unspecified atom stereocenters. The average Bonchev–Trinajstić information content (AvgIpc) is 2.93. The van der Waals surface area contributed by atoms with E-state index in [1.807, 2.05) is 61.5 Å². The second-order valence-corrected chi connectivity index (χ2v) is 8.21. The minimum absolute atomic E-state index is 0.0376. The monoisotopic (exact) mass is 490 g/mol. The average molecular weight is 491 g/mol. The Bertz CT molecular complexity index is 1710. The summed E-state index contributed by atoms with van der Waals surface area (Å²) in [4.78, 5) is 31.1. The van der Waals surface area contributed by atoms with E-state index in [2.05, 4.69) is 31.3 Å². The van der Waals surface area contributed by atoms with Crippen molar-refractivity contribution in [3.05, 3.63) is 94.7 Å². The van der Waals surface area contributed by atoms with E-state index in [0.717, 1.165) is 0 Å². The van der Waals surface area contributed by atoms with E-state index in [-0.39, 0.29) is 22.9 Å². The Morgan fingerprint density at radius 1 is 1.08 bits per heavy atom. The van der Waals surface area contributed by atoms with Crippen LogP contribution in [0.3, 0.4) is 0 Å². The number of para-hydroxylation sites is 1. The lowest BCUT2D eigenvalue weighted by Crippen LogP contribution is -2.26. The van der Waals surface area contributed by atoms with E-state index >= 15 is 0 Å². The molecule has 0 fully saturated rings. The Morgan fingerprint density at radius 3 is 2.65 bits per heavy atom. The number of nitrogens with zero attached hydrogens (tertiary/aromatic N) is 6. The second kappa shape index (κ2) is 9.75. The summed E-state index contributed by atoms with van der Waals surface area (Å²) < 4.78 is 6.90. The van der Waals surface area contributed by atoms with Gasteiger partial charge in [-0.25, -0.2) is 9.97 Å². The van der Waals surface area contributed by atoms with Gasteiger partial charge in [-0.05, 0) is 30.5 Å². The van der Waals surface area contributed by atoms with Crippen LogP contribution >= 0.6 is 0 Å². The number of fused-ring (bicyclic) bond motifs is 1. The van der Waals surface area contributed by atoms with Gasteiger partial charge in [0.25, 0.3) is 5.56 Å². The number of aromatic nitrogens is 5. The number of nitrogen functional groups attached to an aromatic ring is 1. The molecule has 5 rings (SSSR count). The molecule has 10 heteroatoms. The molecular formula is C27H22N8O2. The third-order valence-electron chi connectivity index (χ3n) is 5.89. The van der Waals surface area contributed by atoms with Crippen molar-refractivity contribution in [1.29, 1.82) is 5.26 Å². The first kappa shape index (κ1) is 23.4. The number of nitrogens with two attached hydrogens (primary N) is 1. The molecule has 0 bridgehead atoms. The number of hydrogen-bond acceptors (Lipinski definition) is 9. The summed E-state index contributed by atoms with van der Waals surface area (Å²) in [5.41, 5.74) is 7.70. The van der Waals surface area contributed by atoms with Crippen molar-refractivity contribution in [2.24, 2.45) is 0 Å². The van der Waals surface area contributed by atoms with Crippen LogP contribution in [0.25, 0.3) is 27.8 Å². The van der Waals surface area contributed by atoms with Crippen LogP contribution in [0.4, 0.5) is 11.8 Å². The fourth-order valence-electron chi connectivity index (χ4n) is 4.18. The van der Waals surface area contributed by atoms with Crippen LogP contribution < -0.4 is 21.3 Å². The van der Waals surface area contributed by atoms with Crippen LogP contribution in [0, 0.1) is 11.3 Å². The van der Waals surface area contributed by atoms with Gasteiger partial charge in [0.2, 0.25) is 11.8 Å². The molecule has 0 aliphatic heterocycles. The Balaban J connectivity index is 1.74. The first-order chi connectivity index (χ1) is 18.0. The van der Waals surface area contributed by atoms with Gasteiger partial charge < -0.3 is 15.8 Å². The minimum atomic E-state index is -0.435. The van der Waals surface area contributed by atoms with Gasteiger partial charge in [-0.3, -0.25) is 9.36 Å². The molecule has 1 atom stereocenters. The lowest BCUT2D eigenvalue weighted by molar-refractivity contribution is 0.397. The van der Waals surface area contributed by atoms with Crippen molar-refractivity contribution in [2.45, 2.75) is 13.0 Å². The number of methoxy groups -OCH3 is 1. The van der Waals surface area contributed by atoms with E-state index in [1.165, 1.54) is 13.3 Å². The Kier molecular flexibility index (Phi) is 6.18. The maximum Gasteiger partial charge on any atom is 0.264 e. The summed E-state index contributed by atoms with van der Waals surface area (Å²) in [6.45, 7) is 1.88. The van der Waals surface area contributed by atoms with E-state index in [4.69, 9.17) is 10.5 Å². The Labute approximate surface area is 212 Å². The number of nitriles is 1. The third kappa shape index (κ3) is 4.41. The van der Waals surface area contributed by atoms with Crippen LogP contribution in [-0.2, 0) is 0 Å². The molecule has 0 spiro atoms. The Morgan fingerprint density at radius 2 is 1.89 bits per heavy atom. The number of anilines is 2. The molecular weight excluding hydrogens is 468 g/mol. The quantitative estimate of drug-likeness (QED) is 0.362. The first-order valence-electron chi connectivity index (χ1n) is 11.4. The van der Waals surface area contributed by atoms with Crippen molar-refractivity contribution in [1.82, 2.24) is 24.5 Å². The van der Waals surface area contributed by atoms with Crippen molar-refractivity contribution in [3.8, 4) is 29.0 Å². The fraction of sp³-hybridized carbons (Fsp3) is 0.111. The summed E-state index contributed by atoms with van der Waals surface area (Å²) in [7, 11) is 1.53. The smallest absolute Gasteiger partial charge is 0.264 e. The van der Waals surface area contributed by atoms with Crippen molar-refractivity contribution >= 4 is 22.5 Å². The topological polar surface area (TPSA) is 145 Å². The fourth-order valence-corrected chi connectivity index (χ4v) is 4.18. The number of ether oxygens (including phenoxy) is 1. The van der Waals surface area contributed by atoms with Gasteiger partial charge in [0.15, 0.2) is 5.82 Å². The molecule has 2 aromatic carbocycles. The van der Waals surface area contributed by atoms with E-state index in [0.29, 0.717) is 39.4 Å². The molecule has 0 saturated heterocycles. The van der Waals surface area contributed by atoms with E-state index in [9.17, 15) is 10.1 Å². The SMILES string of the molecule is COc1ccnc(-c2cccc3cc([C@H](C)Nc4nc(N)ncc4C#N)n(-c4ccccc4)c(=O)c23)n1. The summed E-state index contributed by atoms with van der Waals surface area (Å²) in [6, 6.07) is 20.1. The summed E-state index contributed by atoms with van der Waals surface area (Å²) in [6.07, 6.45) is 2.96. The highest BCUT2D eigenvalue weighted by Crippen LogP contribution is 2.29. The zero-order valence-electron chi connectivity index (χ0n) is 20.1. The number of hydrogen-bond donors (Lipinski definition) is 2. The predicted octanol–water partition coefficient (Wildman–Crippen LogP) is 3.87. The number of benzene rings is 2. The van der Waals surface area contributed by atoms with Crippen LogP contribution in [0.2, 0.25) is 0 Å². The molecule has 3 heterocycles. The Hall–Kier alpha value is -5.30. The van der Waals surface area contributed by atoms with Gasteiger partial charge >= 0.3 is 0 Å². The lowest BCUT2D eigenvalue weighted by Gasteiger charge is -2.22. The van der Waals surface area contributed by atoms with Gasteiger partial charge in [0.1, 0.15) is 17.5 Å². The maximum atomic E-state index is 14.2.